The molecule has 21 heavy (non-hydrogen) atoms. The number of hydrogen-bond acceptors (Lipinski definition) is 4. The maximum Gasteiger partial charge on any atom is 0.323 e. The average Bonchev–Trinajstić information content (AvgIpc) is 2.52. The molecule has 0 amide bonds. The van der Waals surface area contributed by atoms with Crippen LogP contribution in [0.1, 0.15) is 17.5 Å². The number of aryl methyl sites for hydroxylation is 1. The van der Waals surface area contributed by atoms with E-state index in [1.807, 2.05) is 42.5 Å². The number of benzene rings is 2. The summed E-state index contributed by atoms with van der Waals surface area (Å²) in [5.41, 5.74) is 7.80. The van der Waals surface area contributed by atoms with E-state index in [1.54, 1.807) is 12.1 Å². The smallest absolute Gasteiger partial charge is 0.323 e. The summed E-state index contributed by atoms with van der Waals surface area (Å²) in [6, 6.07) is 15.7. The van der Waals surface area contributed by atoms with E-state index in [4.69, 9.17) is 10.5 Å². The molecule has 0 aromatic heterocycles. The van der Waals surface area contributed by atoms with E-state index >= 15 is 0 Å². The number of ether oxygens (including phenoxy) is 1. The first-order chi connectivity index (χ1) is 10.1. The van der Waals surface area contributed by atoms with Crippen LogP contribution in [0.3, 0.4) is 0 Å². The fourth-order valence-corrected chi connectivity index (χ4v) is 1.94. The molecule has 0 unspecified atom stereocenters. The van der Waals surface area contributed by atoms with Crippen LogP contribution >= 0.6 is 0 Å². The van der Waals surface area contributed by atoms with Gasteiger partial charge in [0.05, 0.1) is 0 Å². The number of esters is 1. The minimum absolute atomic E-state index is 0.227. The lowest BCUT2D eigenvalue weighted by Gasteiger charge is -2.11. The van der Waals surface area contributed by atoms with Crippen LogP contribution in [0.25, 0.3) is 0 Å². The Labute approximate surface area is 124 Å². The minimum Gasteiger partial charge on any atom is -0.508 e. The number of carbonyl (C=O) groups is 1. The number of carbonyl (C=O) groups excluding carboxylic acids is 1. The van der Waals surface area contributed by atoms with Crippen molar-refractivity contribution in [3.63, 3.8) is 0 Å². The van der Waals surface area contributed by atoms with Crippen LogP contribution in [0.15, 0.2) is 54.6 Å². The molecule has 2 aromatic carbocycles. The van der Waals surface area contributed by atoms with Crippen LogP contribution in [0, 0.1) is 0 Å². The maximum absolute atomic E-state index is 11.8. The molecule has 2 rings (SSSR count). The highest BCUT2D eigenvalue weighted by Crippen LogP contribution is 2.12. The second-order valence-corrected chi connectivity index (χ2v) is 4.90. The predicted molar refractivity (Wildman–Crippen MR) is 80.6 cm³/mol. The summed E-state index contributed by atoms with van der Waals surface area (Å²) in [5.74, 6) is -0.164. The van der Waals surface area contributed by atoms with Gasteiger partial charge < -0.3 is 15.6 Å². The van der Waals surface area contributed by atoms with E-state index in [9.17, 15) is 9.90 Å². The Morgan fingerprint density at radius 2 is 1.71 bits per heavy atom. The lowest BCUT2D eigenvalue weighted by molar-refractivity contribution is -0.146. The monoisotopic (exact) mass is 285 g/mol. The fourth-order valence-electron chi connectivity index (χ4n) is 1.94. The van der Waals surface area contributed by atoms with Crippen molar-refractivity contribution >= 4 is 5.97 Å². The van der Waals surface area contributed by atoms with Crippen molar-refractivity contribution < 1.29 is 14.6 Å². The van der Waals surface area contributed by atoms with Gasteiger partial charge in [-0.1, -0.05) is 42.5 Å². The normalized spacial score (nSPS) is 11.9. The molecule has 0 aliphatic heterocycles. The van der Waals surface area contributed by atoms with Gasteiger partial charge in [0.1, 0.15) is 18.4 Å². The molecule has 0 radical (unpaired) electrons. The molecular weight excluding hydrogens is 266 g/mol. The molecule has 0 heterocycles. The fraction of sp³-hybridized carbons (Fsp3) is 0.235. The number of aromatic hydroxyl groups is 1. The molecule has 1 atom stereocenters. The van der Waals surface area contributed by atoms with Gasteiger partial charge >= 0.3 is 5.97 Å². The lowest BCUT2D eigenvalue weighted by atomic mass is 10.1. The SMILES string of the molecule is N[C@@H](CCc1ccc(O)cc1)C(=O)OCc1ccccc1. The van der Waals surface area contributed by atoms with Crippen LogP contribution < -0.4 is 5.73 Å². The highest BCUT2D eigenvalue weighted by atomic mass is 16.5. The second-order valence-electron chi connectivity index (χ2n) is 4.90. The number of phenolic OH excluding ortho intramolecular Hbond substituents is 1. The zero-order chi connectivity index (χ0) is 15.1. The van der Waals surface area contributed by atoms with Gasteiger partial charge in [-0.2, -0.15) is 0 Å². The molecular formula is C17H19NO3. The third kappa shape index (κ3) is 4.93. The topological polar surface area (TPSA) is 72.5 Å². The predicted octanol–water partition coefficient (Wildman–Crippen LogP) is 2.40. The van der Waals surface area contributed by atoms with E-state index in [-0.39, 0.29) is 12.4 Å². The highest BCUT2D eigenvalue weighted by molar-refractivity contribution is 5.75. The van der Waals surface area contributed by atoms with Crippen molar-refractivity contribution in [2.24, 2.45) is 5.73 Å². The minimum atomic E-state index is -0.637. The van der Waals surface area contributed by atoms with Crippen LogP contribution in [-0.4, -0.2) is 17.1 Å². The van der Waals surface area contributed by atoms with Gasteiger partial charge in [-0.15, -0.1) is 0 Å². The van der Waals surface area contributed by atoms with Gasteiger partial charge in [0, 0.05) is 0 Å². The van der Waals surface area contributed by atoms with Crippen LogP contribution in [0.2, 0.25) is 0 Å². The third-order valence-corrected chi connectivity index (χ3v) is 3.21. The Hall–Kier alpha value is -2.33. The van der Waals surface area contributed by atoms with E-state index in [1.165, 1.54) is 0 Å². The van der Waals surface area contributed by atoms with E-state index < -0.39 is 12.0 Å². The molecule has 0 aliphatic carbocycles. The van der Waals surface area contributed by atoms with Crippen LogP contribution in [0.5, 0.6) is 5.75 Å². The number of nitrogens with two attached hydrogens (primary N) is 1. The van der Waals surface area contributed by atoms with Crippen molar-refractivity contribution in [2.45, 2.75) is 25.5 Å². The van der Waals surface area contributed by atoms with Crippen molar-refractivity contribution in [1.82, 2.24) is 0 Å². The Bertz CT molecular complexity index is 566. The molecule has 0 bridgehead atoms. The lowest BCUT2D eigenvalue weighted by Crippen LogP contribution is -2.32. The Kier molecular flexibility index (Phi) is 5.35. The first kappa shape index (κ1) is 15.1. The second kappa shape index (κ2) is 7.45. The van der Waals surface area contributed by atoms with Crippen LogP contribution in [0.4, 0.5) is 0 Å². The molecule has 0 fully saturated rings. The summed E-state index contributed by atoms with van der Waals surface area (Å²) in [6.07, 6.45) is 1.18. The van der Waals surface area contributed by atoms with Crippen molar-refractivity contribution in [3.8, 4) is 5.75 Å². The largest absolute Gasteiger partial charge is 0.508 e. The zero-order valence-corrected chi connectivity index (χ0v) is 11.7. The summed E-state index contributed by atoms with van der Waals surface area (Å²) >= 11 is 0. The summed E-state index contributed by atoms with van der Waals surface area (Å²) in [7, 11) is 0. The molecule has 110 valence electrons. The van der Waals surface area contributed by atoms with E-state index in [2.05, 4.69) is 0 Å². The number of phenols is 1. The van der Waals surface area contributed by atoms with Crippen LogP contribution in [-0.2, 0) is 22.6 Å². The zero-order valence-electron chi connectivity index (χ0n) is 11.7. The summed E-state index contributed by atoms with van der Waals surface area (Å²) < 4.78 is 5.19. The van der Waals surface area contributed by atoms with E-state index in [0.29, 0.717) is 12.8 Å². The molecule has 4 nitrogen and oxygen atoms in total. The molecule has 0 spiro atoms. The van der Waals surface area contributed by atoms with Gasteiger partial charge in [0.2, 0.25) is 0 Å². The molecule has 3 N–H and O–H groups in total. The molecule has 0 aliphatic rings. The van der Waals surface area contributed by atoms with Crippen molar-refractivity contribution in [2.75, 3.05) is 0 Å². The Balaban J connectivity index is 1.76. The summed E-state index contributed by atoms with van der Waals surface area (Å²) in [6.45, 7) is 0.243. The standard InChI is InChI=1S/C17H19NO3/c18-16(11-8-13-6-9-15(19)10-7-13)17(20)21-12-14-4-2-1-3-5-14/h1-7,9-10,16,19H,8,11-12,18H2/t16-/m0/s1. The number of hydrogen-bond donors (Lipinski definition) is 2. The van der Waals surface area contributed by atoms with Crippen molar-refractivity contribution in [3.05, 3.63) is 65.7 Å². The summed E-state index contributed by atoms with van der Waals surface area (Å²) in [5, 5.41) is 9.20. The first-order valence-electron chi connectivity index (χ1n) is 6.89. The van der Waals surface area contributed by atoms with Gasteiger partial charge in [-0.05, 0) is 36.1 Å². The molecule has 4 heteroatoms. The van der Waals surface area contributed by atoms with Gasteiger partial charge in [0.15, 0.2) is 0 Å². The number of rotatable bonds is 6. The molecule has 0 saturated heterocycles. The van der Waals surface area contributed by atoms with E-state index in [0.717, 1.165) is 11.1 Å². The quantitative estimate of drug-likeness (QED) is 0.799. The van der Waals surface area contributed by atoms with Gasteiger partial charge in [0.25, 0.3) is 0 Å². The van der Waals surface area contributed by atoms with Gasteiger partial charge in [-0.3, -0.25) is 4.79 Å². The van der Waals surface area contributed by atoms with Crippen molar-refractivity contribution in [1.29, 1.82) is 0 Å². The third-order valence-electron chi connectivity index (χ3n) is 3.21. The molecule has 0 saturated carbocycles. The Morgan fingerprint density at radius 3 is 2.38 bits per heavy atom. The maximum atomic E-state index is 11.8. The molecule has 2 aromatic rings. The Morgan fingerprint density at radius 1 is 1.05 bits per heavy atom. The summed E-state index contributed by atoms with van der Waals surface area (Å²) in [4.78, 5) is 11.8. The highest BCUT2D eigenvalue weighted by Gasteiger charge is 2.15. The van der Waals surface area contributed by atoms with Gasteiger partial charge in [-0.25, -0.2) is 0 Å². The first-order valence-corrected chi connectivity index (χ1v) is 6.89. The average molecular weight is 285 g/mol.